The van der Waals surface area contributed by atoms with Crippen molar-refractivity contribution in [3.05, 3.63) is 30.1 Å². The van der Waals surface area contributed by atoms with E-state index >= 15 is 0 Å². The standard InChI is InChI=1S/C14H19N3O2/c1-3-11(9-18)16-14(19)8-17-10(2)15-12-6-4-5-7-13(12)17/h4-7,11,18H,3,8-9H2,1-2H3,(H,16,19). The van der Waals surface area contributed by atoms with Gasteiger partial charge >= 0.3 is 0 Å². The Kier molecular flexibility index (Phi) is 4.16. The topological polar surface area (TPSA) is 67.2 Å². The molecule has 1 aromatic carbocycles. The lowest BCUT2D eigenvalue weighted by Gasteiger charge is -2.15. The summed E-state index contributed by atoms with van der Waals surface area (Å²) in [6, 6.07) is 7.56. The molecular weight excluding hydrogens is 242 g/mol. The average Bonchev–Trinajstić information content (AvgIpc) is 2.72. The molecule has 0 aliphatic heterocycles. The van der Waals surface area contributed by atoms with Crippen LogP contribution < -0.4 is 5.32 Å². The summed E-state index contributed by atoms with van der Waals surface area (Å²) in [5.74, 6) is 0.709. The molecule has 5 nitrogen and oxygen atoms in total. The van der Waals surface area contributed by atoms with Crippen molar-refractivity contribution < 1.29 is 9.90 Å². The quantitative estimate of drug-likeness (QED) is 0.850. The van der Waals surface area contributed by atoms with Gasteiger partial charge in [0.1, 0.15) is 12.4 Å². The van der Waals surface area contributed by atoms with Gasteiger partial charge in [0.15, 0.2) is 0 Å². The van der Waals surface area contributed by atoms with E-state index in [1.807, 2.05) is 42.7 Å². The lowest BCUT2D eigenvalue weighted by atomic mass is 10.2. The maximum atomic E-state index is 12.0. The van der Waals surface area contributed by atoms with Crippen LogP contribution in [0.15, 0.2) is 24.3 Å². The van der Waals surface area contributed by atoms with Crippen LogP contribution in [0.25, 0.3) is 11.0 Å². The summed E-state index contributed by atoms with van der Waals surface area (Å²) in [5.41, 5.74) is 1.84. The molecule has 0 spiro atoms. The van der Waals surface area contributed by atoms with E-state index in [4.69, 9.17) is 5.11 Å². The van der Waals surface area contributed by atoms with Gasteiger partial charge in [-0.2, -0.15) is 0 Å². The number of rotatable bonds is 5. The van der Waals surface area contributed by atoms with Crippen molar-refractivity contribution in [2.24, 2.45) is 0 Å². The summed E-state index contributed by atoms with van der Waals surface area (Å²) in [4.78, 5) is 16.4. The number of hydrogen-bond acceptors (Lipinski definition) is 3. The van der Waals surface area contributed by atoms with Crippen molar-refractivity contribution in [1.29, 1.82) is 0 Å². The predicted octanol–water partition coefficient (Wildman–Crippen LogP) is 1.23. The van der Waals surface area contributed by atoms with Crippen molar-refractivity contribution in [3.63, 3.8) is 0 Å². The molecule has 1 unspecified atom stereocenters. The zero-order chi connectivity index (χ0) is 13.8. The molecule has 2 rings (SSSR count). The van der Waals surface area contributed by atoms with Gasteiger partial charge in [0.2, 0.25) is 5.91 Å². The normalized spacial score (nSPS) is 12.6. The Bertz CT molecular complexity index is 573. The fourth-order valence-corrected chi connectivity index (χ4v) is 2.09. The molecule has 1 aromatic heterocycles. The molecule has 2 N–H and O–H groups in total. The van der Waals surface area contributed by atoms with Crippen LogP contribution in [0.5, 0.6) is 0 Å². The van der Waals surface area contributed by atoms with Crippen molar-refractivity contribution >= 4 is 16.9 Å². The third kappa shape index (κ3) is 2.93. The summed E-state index contributed by atoms with van der Waals surface area (Å²) in [5, 5.41) is 11.9. The fourth-order valence-electron chi connectivity index (χ4n) is 2.09. The minimum Gasteiger partial charge on any atom is -0.394 e. The van der Waals surface area contributed by atoms with E-state index in [0.29, 0.717) is 6.42 Å². The fraction of sp³-hybridized carbons (Fsp3) is 0.429. The number of imidazole rings is 1. The lowest BCUT2D eigenvalue weighted by Crippen LogP contribution is -2.39. The molecule has 0 saturated heterocycles. The third-order valence-electron chi connectivity index (χ3n) is 3.23. The lowest BCUT2D eigenvalue weighted by molar-refractivity contribution is -0.122. The van der Waals surface area contributed by atoms with Crippen molar-refractivity contribution in [1.82, 2.24) is 14.9 Å². The van der Waals surface area contributed by atoms with Crippen LogP contribution in [-0.2, 0) is 11.3 Å². The number of aliphatic hydroxyl groups excluding tert-OH is 1. The van der Waals surface area contributed by atoms with Gasteiger partial charge in [0.05, 0.1) is 23.7 Å². The van der Waals surface area contributed by atoms with Gasteiger partial charge in [-0.25, -0.2) is 4.98 Å². The first kappa shape index (κ1) is 13.5. The van der Waals surface area contributed by atoms with Crippen molar-refractivity contribution in [2.45, 2.75) is 32.9 Å². The molecule has 1 amide bonds. The van der Waals surface area contributed by atoms with Crippen molar-refractivity contribution in [3.8, 4) is 0 Å². The molecule has 5 heteroatoms. The van der Waals surface area contributed by atoms with Gasteiger partial charge in [0.25, 0.3) is 0 Å². The van der Waals surface area contributed by atoms with Crippen LogP contribution in [0.4, 0.5) is 0 Å². The van der Waals surface area contributed by atoms with E-state index < -0.39 is 0 Å². The summed E-state index contributed by atoms with van der Waals surface area (Å²) in [7, 11) is 0. The van der Waals surface area contributed by atoms with E-state index in [9.17, 15) is 4.79 Å². The van der Waals surface area contributed by atoms with Crippen LogP contribution in [0.1, 0.15) is 19.2 Å². The SMILES string of the molecule is CCC(CO)NC(=O)Cn1c(C)nc2ccccc21. The molecule has 0 radical (unpaired) electrons. The first-order chi connectivity index (χ1) is 9.15. The molecule has 19 heavy (non-hydrogen) atoms. The Balaban J connectivity index is 2.17. The number of fused-ring (bicyclic) bond motifs is 1. The highest BCUT2D eigenvalue weighted by Crippen LogP contribution is 2.15. The molecule has 2 aromatic rings. The number of nitrogens with zero attached hydrogens (tertiary/aromatic N) is 2. The van der Waals surface area contributed by atoms with Gasteiger partial charge in [-0.1, -0.05) is 19.1 Å². The Labute approximate surface area is 112 Å². The van der Waals surface area contributed by atoms with Gasteiger partial charge in [0, 0.05) is 0 Å². The van der Waals surface area contributed by atoms with Crippen LogP contribution in [0.3, 0.4) is 0 Å². The summed E-state index contributed by atoms with van der Waals surface area (Å²) in [6.07, 6.45) is 0.714. The van der Waals surface area contributed by atoms with Gasteiger partial charge in [-0.3, -0.25) is 4.79 Å². The van der Waals surface area contributed by atoms with Crippen molar-refractivity contribution in [2.75, 3.05) is 6.61 Å². The number of aryl methyl sites for hydroxylation is 1. The zero-order valence-corrected chi connectivity index (χ0v) is 11.3. The molecule has 0 saturated carbocycles. The number of amides is 1. The van der Waals surface area contributed by atoms with Crippen LogP contribution in [0.2, 0.25) is 0 Å². The molecule has 102 valence electrons. The molecule has 1 heterocycles. The minimum absolute atomic E-state index is 0.0358. The second kappa shape index (κ2) is 5.84. The Morgan fingerprint density at radius 1 is 1.47 bits per heavy atom. The number of aromatic nitrogens is 2. The second-order valence-electron chi connectivity index (χ2n) is 4.59. The Hall–Kier alpha value is -1.88. The van der Waals surface area contributed by atoms with Gasteiger partial charge in [-0.15, -0.1) is 0 Å². The summed E-state index contributed by atoms with van der Waals surface area (Å²) in [6.45, 7) is 4.00. The summed E-state index contributed by atoms with van der Waals surface area (Å²) >= 11 is 0. The molecular formula is C14H19N3O2. The van der Waals surface area contributed by atoms with E-state index in [1.54, 1.807) is 0 Å². The maximum Gasteiger partial charge on any atom is 0.240 e. The first-order valence-electron chi connectivity index (χ1n) is 6.47. The zero-order valence-electron chi connectivity index (χ0n) is 11.3. The predicted molar refractivity (Wildman–Crippen MR) is 73.8 cm³/mol. The smallest absolute Gasteiger partial charge is 0.240 e. The van der Waals surface area contributed by atoms with E-state index in [1.165, 1.54) is 0 Å². The molecule has 0 fully saturated rings. The number of nitrogens with one attached hydrogen (secondary N) is 1. The van der Waals surface area contributed by atoms with E-state index in [0.717, 1.165) is 16.9 Å². The molecule has 1 atom stereocenters. The number of carbonyl (C=O) groups is 1. The Morgan fingerprint density at radius 2 is 2.21 bits per heavy atom. The molecule has 0 bridgehead atoms. The number of benzene rings is 1. The van der Waals surface area contributed by atoms with Crippen LogP contribution in [-0.4, -0.2) is 33.2 Å². The number of carbonyl (C=O) groups excluding carboxylic acids is 1. The number of aliphatic hydroxyl groups is 1. The third-order valence-corrected chi connectivity index (χ3v) is 3.23. The monoisotopic (exact) mass is 261 g/mol. The average molecular weight is 261 g/mol. The molecule has 0 aliphatic rings. The Morgan fingerprint density at radius 3 is 2.89 bits per heavy atom. The van der Waals surface area contributed by atoms with Crippen LogP contribution >= 0.6 is 0 Å². The summed E-state index contributed by atoms with van der Waals surface area (Å²) < 4.78 is 1.88. The number of hydrogen-bond donors (Lipinski definition) is 2. The largest absolute Gasteiger partial charge is 0.394 e. The van der Waals surface area contributed by atoms with E-state index in [-0.39, 0.29) is 25.1 Å². The maximum absolute atomic E-state index is 12.0. The second-order valence-corrected chi connectivity index (χ2v) is 4.59. The first-order valence-corrected chi connectivity index (χ1v) is 6.47. The van der Waals surface area contributed by atoms with E-state index in [2.05, 4.69) is 10.3 Å². The van der Waals surface area contributed by atoms with Gasteiger partial charge < -0.3 is 15.0 Å². The molecule has 0 aliphatic carbocycles. The number of para-hydroxylation sites is 2. The van der Waals surface area contributed by atoms with Crippen LogP contribution in [0, 0.1) is 6.92 Å². The highest BCUT2D eigenvalue weighted by Gasteiger charge is 2.13. The minimum atomic E-state index is -0.178. The highest BCUT2D eigenvalue weighted by molar-refractivity contribution is 5.81. The van der Waals surface area contributed by atoms with Gasteiger partial charge in [-0.05, 0) is 25.5 Å². The highest BCUT2D eigenvalue weighted by atomic mass is 16.3.